The van der Waals surface area contributed by atoms with Crippen LogP contribution in [0.25, 0.3) is 0 Å². The van der Waals surface area contributed by atoms with Gasteiger partial charge in [0.2, 0.25) is 0 Å². The molecular weight excluding hydrogens is 254 g/mol. The lowest BCUT2D eigenvalue weighted by Crippen LogP contribution is -2.41. The lowest BCUT2D eigenvalue weighted by molar-refractivity contribution is -0.0817. The number of rotatable bonds is 8. The summed E-state index contributed by atoms with van der Waals surface area (Å²) in [5, 5.41) is 0. The highest BCUT2D eigenvalue weighted by Gasteiger charge is 2.38. The van der Waals surface area contributed by atoms with E-state index >= 15 is 0 Å². The van der Waals surface area contributed by atoms with Gasteiger partial charge in [0.1, 0.15) is 12.4 Å². The van der Waals surface area contributed by atoms with Crippen LogP contribution in [0.2, 0.25) is 0 Å². The van der Waals surface area contributed by atoms with Crippen molar-refractivity contribution in [1.29, 1.82) is 0 Å². The smallest absolute Gasteiger partial charge is 0.124 e. The van der Waals surface area contributed by atoms with Gasteiger partial charge in [-0.15, -0.1) is 0 Å². The van der Waals surface area contributed by atoms with Crippen LogP contribution in [0.1, 0.15) is 37.3 Å². The fourth-order valence-corrected chi connectivity index (χ4v) is 2.73. The Morgan fingerprint density at radius 3 is 2.55 bits per heavy atom. The summed E-state index contributed by atoms with van der Waals surface area (Å²) in [5.74, 6) is 0.850. The van der Waals surface area contributed by atoms with E-state index in [4.69, 9.17) is 19.9 Å². The highest BCUT2D eigenvalue weighted by Crippen LogP contribution is 2.42. The molecule has 2 rings (SSSR count). The van der Waals surface area contributed by atoms with Crippen molar-refractivity contribution in [3.63, 3.8) is 0 Å². The monoisotopic (exact) mass is 279 g/mol. The van der Waals surface area contributed by atoms with Gasteiger partial charge >= 0.3 is 0 Å². The Balaban J connectivity index is 2.03. The molecule has 0 radical (unpaired) electrons. The topological polar surface area (TPSA) is 53.7 Å². The van der Waals surface area contributed by atoms with Crippen LogP contribution in [0.4, 0.5) is 0 Å². The van der Waals surface area contributed by atoms with Crippen LogP contribution in [-0.2, 0) is 9.47 Å². The molecule has 4 heteroatoms. The van der Waals surface area contributed by atoms with Gasteiger partial charge < -0.3 is 19.9 Å². The van der Waals surface area contributed by atoms with Crippen molar-refractivity contribution in [3.8, 4) is 5.75 Å². The highest BCUT2D eigenvalue weighted by atomic mass is 16.5. The third-order valence-electron chi connectivity index (χ3n) is 4.15. The maximum absolute atomic E-state index is 6.38. The first-order valence-corrected chi connectivity index (χ1v) is 7.22. The van der Waals surface area contributed by atoms with E-state index in [0.29, 0.717) is 13.2 Å². The first kappa shape index (κ1) is 15.3. The minimum atomic E-state index is -0.0611. The van der Waals surface area contributed by atoms with Gasteiger partial charge in [-0.3, -0.25) is 0 Å². The number of benzene rings is 1. The summed E-state index contributed by atoms with van der Waals surface area (Å²) >= 11 is 0. The second-order valence-electron chi connectivity index (χ2n) is 5.43. The lowest BCUT2D eigenvalue weighted by atomic mass is 9.75. The molecule has 2 N–H and O–H groups in total. The van der Waals surface area contributed by atoms with Crippen LogP contribution in [0, 0.1) is 0 Å². The zero-order valence-electron chi connectivity index (χ0n) is 12.4. The molecule has 1 atom stereocenters. The standard InChI is InChI=1S/C16H25NO3/c1-18-10-11-20-15-7-4-3-6-13(15)14(17)12-16(19-2)8-5-9-16/h3-4,6-7,14H,5,8-12,17H2,1-2H3. The maximum atomic E-state index is 6.38. The summed E-state index contributed by atoms with van der Waals surface area (Å²) in [7, 11) is 3.45. The number of ether oxygens (including phenoxy) is 3. The van der Waals surface area contributed by atoms with Crippen LogP contribution >= 0.6 is 0 Å². The Labute approximate surface area is 121 Å². The minimum absolute atomic E-state index is 0.0287. The van der Waals surface area contributed by atoms with Crippen molar-refractivity contribution in [1.82, 2.24) is 0 Å². The second-order valence-corrected chi connectivity index (χ2v) is 5.43. The van der Waals surface area contributed by atoms with E-state index in [2.05, 4.69) is 0 Å². The molecule has 0 bridgehead atoms. The van der Waals surface area contributed by atoms with E-state index in [1.807, 2.05) is 24.3 Å². The van der Waals surface area contributed by atoms with Crippen molar-refractivity contribution < 1.29 is 14.2 Å². The van der Waals surface area contributed by atoms with Gasteiger partial charge in [-0.05, 0) is 31.7 Å². The third kappa shape index (κ3) is 3.51. The Bertz CT molecular complexity index is 412. The molecule has 0 spiro atoms. The molecular formula is C16H25NO3. The van der Waals surface area contributed by atoms with E-state index in [1.54, 1.807) is 14.2 Å². The van der Waals surface area contributed by atoms with E-state index in [0.717, 1.165) is 30.6 Å². The Morgan fingerprint density at radius 1 is 1.20 bits per heavy atom. The number of nitrogens with two attached hydrogens (primary N) is 1. The van der Waals surface area contributed by atoms with Crippen molar-refractivity contribution in [2.24, 2.45) is 5.73 Å². The minimum Gasteiger partial charge on any atom is -0.491 e. The molecule has 0 aromatic heterocycles. The van der Waals surface area contributed by atoms with E-state index in [-0.39, 0.29) is 11.6 Å². The summed E-state index contributed by atoms with van der Waals surface area (Å²) < 4.78 is 16.4. The summed E-state index contributed by atoms with van der Waals surface area (Å²) in [6.45, 7) is 1.11. The predicted molar refractivity (Wildman–Crippen MR) is 78.9 cm³/mol. The van der Waals surface area contributed by atoms with Crippen molar-refractivity contribution in [2.75, 3.05) is 27.4 Å². The zero-order valence-corrected chi connectivity index (χ0v) is 12.4. The SMILES string of the molecule is COCCOc1ccccc1C(N)CC1(OC)CCC1. The Morgan fingerprint density at radius 2 is 1.95 bits per heavy atom. The number of para-hydroxylation sites is 1. The van der Waals surface area contributed by atoms with Gasteiger partial charge in [0.25, 0.3) is 0 Å². The van der Waals surface area contributed by atoms with Crippen LogP contribution < -0.4 is 10.5 Å². The molecule has 0 amide bonds. The molecule has 1 aliphatic carbocycles. The summed E-state index contributed by atoms with van der Waals surface area (Å²) in [6, 6.07) is 7.90. The zero-order chi connectivity index (χ0) is 14.4. The number of methoxy groups -OCH3 is 2. The van der Waals surface area contributed by atoms with E-state index in [9.17, 15) is 0 Å². The molecule has 1 saturated carbocycles. The second kappa shape index (κ2) is 7.07. The van der Waals surface area contributed by atoms with Crippen molar-refractivity contribution in [2.45, 2.75) is 37.3 Å². The Kier molecular flexibility index (Phi) is 5.40. The molecule has 1 aromatic carbocycles. The van der Waals surface area contributed by atoms with Gasteiger partial charge in [-0.25, -0.2) is 0 Å². The first-order valence-electron chi connectivity index (χ1n) is 7.22. The van der Waals surface area contributed by atoms with Crippen molar-refractivity contribution in [3.05, 3.63) is 29.8 Å². The van der Waals surface area contributed by atoms with Crippen LogP contribution in [0.3, 0.4) is 0 Å². The lowest BCUT2D eigenvalue weighted by Gasteiger charge is -2.42. The number of hydrogen-bond acceptors (Lipinski definition) is 4. The van der Waals surface area contributed by atoms with Gasteiger partial charge in [0, 0.05) is 25.8 Å². The quantitative estimate of drug-likeness (QED) is 0.743. The third-order valence-corrected chi connectivity index (χ3v) is 4.15. The van der Waals surface area contributed by atoms with Crippen LogP contribution in [0.15, 0.2) is 24.3 Å². The van der Waals surface area contributed by atoms with Gasteiger partial charge in [0.15, 0.2) is 0 Å². The predicted octanol–water partition coefficient (Wildman–Crippen LogP) is 2.67. The summed E-state index contributed by atoms with van der Waals surface area (Å²) in [4.78, 5) is 0. The highest BCUT2D eigenvalue weighted by molar-refractivity contribution is 5.36. The molecule has 1 unspecified atom stereocenters. The number of hydrogen-bond donors (Lipinski definition) is 1. The molecule has 0 heterocycles. The first-order chi connectivity index (χ1) is 9.71. The Hall–Kier alpha value is -1.10. The maximum Gasteiger partial charge on any atom is 0.124 e. The van der Waals surface area contributed by atoms with Crippen LogP contribution in [0.5, 0.6) is 5.75 Å². The van der Waals surface area contributed by atoms with Gasteiger partial charge in [-0.2, -0.15) is 0 Å². The van der Waals surface area contributed by atoms with E-state index < -0.39 is 0 Å². The molecule has 1 fully saturated rings. The average molecular weight is 279 g/mol. The van der Waals surface area contributed by atoms with Crippen molar-refractivity contribution >= 4 is 0 Å². The molecule has 1 aliphatic rings. The molecule has 0 saturated heterocycles. The fraction of sp³-hybridized carbons (Fsp3) is 0.625. The van der Waals surface area contributed by atoms with Gasteiger partial charge in [0.05, 0.1) is 12.2 Å². The average Bonchev–Trinajstić information content (AvgIpc) is 2.43. The molecule has 0 aliphatic heterocycles. The summed E-state index contributed by atoms with van der Waals surface area (Å²) in [5.41, 5.74) is 7.40. The summed E-state index contributed by atoms with van der Waals surface area (Å²) in [6.07, 6.45) is 4.27. The molecule has 112 valence electrons. The molecule has 1 aromatic rings. The molecule has 4 nitrogen and oxygen atoms in total. The normalized spacial score (nSPS) is 18.4. The molecule has 20 heavy (non-hydrogen) atoms. The van der Waals surface area contributed by atoms with E-state index in [1.165, 1.54) is 6.42 Å². The van der Waals surface area contributed by atoms with Crippen LogP contribution in [-0.4, -0.2) is 33.0 Å². The largest absolute Gasteiger partial charge is 0.491 e. The fourth-order valence-electron chi connectivity index (χ4n) is 2.73. The van der Waals surface area contributed by atoms with Gasteiger partial charge in [-0.1, -0.05) is 18.2 Å².